The lowest BCUT2D eigenvalue weighted by molar-refractivity contribution is 0.0351. The van der Waals surface area contributed by atoms with Gasteiger partial charge in [0.1, 0.15) is 0 Å². The third-order valence-electron chi connectivity index (χ3n) is 6.05. The van der Waals surface area contributed by atoms with E-state index in [2.05, 4.69) is 44.1 Å². The van der Waals surface area contributed by atoms with Crippen LogP contribution in [0.25, 0.3) is 0 Å². The summed E-state index contributed by atoms with van der Waals surface area (Å²) in [6, 6.07) is 6.70. The fraction of sp³-hybridized carbons (Fsp3) is 0.600. The van der Waals surface area contributed by atoms with Gasteiger partial charge in [0.2, 0.25) is 0 Å². The summed E-state index contributed by atoms with van der Waals surface area (Å²) in [5.41, 5.74) is 1.93. The van der Waals surface area contributed by atoms with Gasteiger partial charge in [-0.2, -0.15) is 11.3 Å². The summed E-state index contributed by atoms with van der Waals surface area (Å²) in [7, 11) is 1.86. The summed E-state index contributed by atoms with van der Waals surface area (Å²) in [5, 5.41) is 6.67. The molecule has 2 aliphatic heterocycles. The van der Waals surface area contributed by atoms with Gasteiger partial charge in [0.15, 0.2) is 0 Å². The fourth-order valence-electron chi connectivity index (χ4n) is 4.68. The summed E-state index contributed by atoms with van der Waals surface area (Å²) in [6.07, 6.45) is 2.62. The van der Waals surface area contributed by atoms with Gasteiger partial charge in [-0.05, 0) is 65.2 Å². The normalized spacial score (nSPS) is 24.3. The number of rotatable bonds is 6. The maximum atomic E-state index is 5.61. The summed E-state index contributed by atoms with van der Waals surface area (Å²) >= 11 is 3.69. The molecule has 0 saturated carbocycles. The monoisotopic (exact) mass is 376 g/mol. The van der Waals surface area contributed by atoms with Crippen LogP contribution >= 0.6 is 22.7 Å². The van der Waals surface area contributed by atoms with Gasteiger partial charge in [-0.15, -0.1) is 11.3 Å². The quantitative estimate of drug-likeness (QED) is 0.752. The molecule has 2 fully saturated rings. The second kappa shape index (κ2) is 7.89. The van der Waals surface area contributed by atoms with E-state index in [0.29, 0.717) is 11.3 Å². The molecule has 2 aliphatic rings. The zero-order valence-electron chi connectivity index (χ0n) is 15.0. The third-order valence-corrected chi connectivity index (χ3v) is 7.64. The molecule has 0 aliphatic carbocycles. The van der Waals surface area contributed by atoms with E-state index >= 15 is 0 Å². The van der Waals surface area contributed by atoms with Crippen molar-refractivity contribution in [2.75, 3.05) is 39.9 Å². The Labute approximate surface area is 159 Å². The number of likely N-dealkylation sites (tertiary alicyclic amines) is 2. The molecule has 5 heteroatoms. The first-order valence-corrected chi connectivity index (χ1v) is 11.1. The SMILES string of the molecule is COC[C@H]1CN(Cc2cccs2)CC12CCN(Cc1ccsc1)CC2. The summed E-state index contributed by atoms with van der Waals surface area (Å²) in [4.78, 5) is 6.80. The number of hydrogen-bond donors (Lipinski definition) is 0. The molecule has 0 amide bonds. The van der Waals surface area contributed by atoms with Crippen LogP contribution in [0.3, 0.4) is 0 Å². The van der Waals surface area contributed by atoms with Gasteiger partial charge >= 0.3 is 0 Å². The first-order valence-electron chi connectivity index (χ1n) is 9.24. The molecule has 1 spiro atoms. The molecule has 0 radical (unpaired) electrons. The Bertz CT molecular complexity index is 633. The van der Waals surface area contributed by atoms with Crippen LogP contribution in [0.15, 0.2) is 34.3 Å². The van der Waals surface area contributed by atoms with Crippen molar-refractivity contribution in [3.8, 4) is 0 Å². The van der Waals surface area contributed by atoms with Crippen LogP contribution in [0.2, 0.25) is 0 Å². The Morgan fingerprint density at radius 1 is 1.16 bits per heavy atom. The Morgan fingerprint density at radius 2 is 2.04 bits per heavy atom. The van der Waals surface area contributed by atoms with E-state index in [4.69, 9.17) is 4.74 Å². The van der Waals surface area contributed by atoms with Gasteiger partial charge in [-0.3, -0.25) is 9.80 Å². The van der Waals surface area contributed by atoms with Crippen molar-refractivity contribution in [3.05, 3.63) is 44.8 Å². The highest BCUT2D eigenvalue weighted by Crippen LogP contribution is 2.45. The molecule has 136 valence electrons. The Kier molecular flexibility index (Phi) is 5.58. The summed E-state index contributed by atoms with van der Waals surface area (Å²) < 4.78 is 5.61. The van der Waals surface area contributed by atoms with Crippen molar-refractivity contribution in [3.63, 3.8) is 0 Å². The number of thiophene rings is 2. The first kappa shape index (κ1) is 17.7. The van der Waals surface area contributed by atoms with Crippen molar-refractivity contribution in [1.82, 2.24) is 9.80 Å². The molecule has 0 aromatic carbocycles. The smallest absolute Gasteiger partial charge is 0.0508 e. The molecule has 1 atom stereocenters. The van der Waals surface area contributed by atoms with Crippen molar-refractivity contribution >= 4 is 22.7 Å². The number of hydrogen-bond acceptors (Lipinski definition) is 5. The molecule has 25 heavy (non-hydrogen) atoms. The maximum Gasteiger partial charge on any atom is 0.0508 e. The molecule has 4 rings (SSSR count). The standard InChI is InChI=1S/C20H28N2OS2/c1-23-14-18-12-22(13-19-3-2-9-25-19)16-20(18)5-7-21(8-6-20)11-17-4-10-24-15-17/h2-4,9-10,15,18H,5-8,11-14,16H2,1H3/t18-/m1/s1. The largest absolute Gasteiger partial charge is 0.384 e. The van der Waals surface area contributed by atoms with Crippen LogP contribution in [-0.2, 0) is 17.8 Å². The van der Waals surface area contributed by atoms with Crippen LogP contribution in [0, 0.1) is 11.3 Å². The molecule has 0 unspecified atom stereocenters. The van der Waals surface area contributed by atoms with Crippen LogP contribution in [-0.4, -0.2) is 49.7 Å². The van der Waals surface area contributed by atoms with Gasteiger partial charge < -0.3 is 4.74 Å². The Morgan fingerprint density at radius 3 is 2.72 bits per heavy atom. The minimum Gasteiger partial charge on any atom is -0.384 e. The molecule has 0 bridgehead atoms. The van der Waals surface area contributed by atoms with Crippen LogP contribution < -0.4 is 0 Å². The van der Waals surface area contributed by atoms with Gasteiger partial charge in [-0.25, -0.2) is 0 Å². The number of methoxy groups -OCH3 is 1. The molecule has 2 aromatic rings. The van der Waals surface area contributed by atoms with E-state index in [1.54, 1.807) is 11.3 Å². The fourth-order valence-corrected chi connectivity index (χ4v) is 6.09. The summed E-state index contributed by atoms with van der Waals surface area (Å²) in [5.74, 6) is 0.681. The molecular weight excluding hydrogens is 348 g/mol. The highest BCUT2D eigenvalue weighted by molar-refractivity contribution is 7.09. The van der Waals surface area contributed by atoms with Crippen LogP contribution in [0.1, 0.15) is 23.3 Å². The lowest BCUT2D eigenvalue weighted by Crippen LogP contribution is -2.44. The average Bonchev–Trinajstić information content (AvgIpc) is 3.34. The van der Waals surface area contributed by atoms with Gasteiger partial charge in [0.25, 0.3) is 0 Å². The van der Waals surface area contributed by atoms with Crippen molar-refractivity contribution in [2.24, 2.45) is 11.3 Å². The van der Waals surface area contributed by atoms with E-state index in [1.165, 1.54) is 49.5 Å². The Balaban J connectivity index is 1.38. The molecular formula is C20H28N2OS2. The molecule has 2 aromatic heterocycles. The predicted molar refractivity (Wildman–Crippen MR) is 106 cm³/mol. The second-order valence-electron chi connectivity index (χ2n) is 7.67. The van der Waals surface area contributed by atoms with Crippen LogP contribution in [0.5, 0.6) is 0 Å². The van der Waals surface area contributed by atoms with E-state index in [-0.39, 0.29) is 0 Å². The average molecular weight is 377 g/mol. The Hall–Kier alpha value is -0.720. The van der Waals surface area contributed by atoms with E-state index in [0.717, 1.165) is 19.7 Å². The van der Waals surface area contributed by atoms with Crippen molar-refractivity contribution < 1.29 is 4.74 Å². The van der Waals surface area contributed by atoms with E-state index in [1.807, 2.05) is 18.4 Å². The first-order chi connectivity index (χ1) is 12.3. The lowest BCUT2D eigenvalue weighted by Gasteiger charge is -2.42. The molecule has 0 N–H and O–H groups in total. The lowest BCUT2D eigenvalue weighted by atomic mass is 9.71. The topological polar surface area (TPSA) is 15.7 Å². The number of nitrogens with zero attached hydrogens (tertiary/aromatic N) is 2. The zero-order valence-corrected chi connectivity index (χ0v) is 16.7. The predicted octanol–water partition coefficient (Wildman–Crippen LogP) is 4.17. The van der Waals surface area contributed by atoms with Gasteiger partial charge in [0.05, 0.1) is 6.61 Å². The maximum absolute atomic E-state index is 5.61. The van der Waals surface area contributed by atoms with E-state index in [9.17, 15) is 0 Å². The second-order valence-corrected chi connectivity index (χ2v) is 9.48. The number of ether oxygens (including phenoxy) is 1. The van der Waals surface area contributed by atoms with Gasteiger partial charge in [-0.1, -0.05) is 6.07 Å². The minimum atomic E-state index is 0.457. The van der Waals surface area contributed by atoms with Crippen molar-refractivity contribution in [1.29, 1.82) is 0 Å². The minimum absolute atomic E-state index is 0.457. The number of piperidine rings is 1. The van der Waals surface area contributed by atoms with E-state index < -0.39 is 0 Å². The highest BCUT2D eigenvalue weighted by atomic mass is 32.1. The zero-order chi connectivity index (χ0) is 17.1. The third kappa shape index (κ3) is 4.01. The molecule has 2 saturated heterocycles. The summed E-state index contributed by atoms with van der Waals surface area (Å²) in [6.45, 7) is 8.02. The van der Waals surface area contributed by atoms with Crippen LogP contribution in [0.4, 0.5) is 0 Å². The highest BCUT2D eigenvalue weighted by Gasteiger charge is 2.47. The molecule has 4 heterocycles. The molecule has 3 nitrogen and oxygen atoms in total. The van der Waals surface area contributed by atoms with Crippen molar-refractivity contribution in [2.45, 2.75) is 25.9 Å². The van der Waals surface area contributed by atoms with Gasteiger partial charge in [0, 0.05) is 44.1 Å².